The number of hydrogen-bond acceptors (Lipinski definition) is 8. The lowest BCUT2D eigenvalue weighted by molar-refractivity contribution is 0.0956. The number of halogens is 1. The number of hydrogen-bond donors (Lipinski definition) is 2. The molecule has 0 saturated carbocycles. The SMILES string of the molecule is CN(C)Cc1ccc(Nc2ncc3cc(C#CCNC(=O)c4cccn(Cc5ccc(Cl)nc5)c4=O)cnc3n2)cc1. The fourth-order valence-corrected chi connectivity index (χ4v) is 4.25. The van der Waals surface area contributed by atoms with Crippen LogP contribution < -0.4 is 16.2 Å². The van der Waals surface area contributed by atoms with Gasteiger partial charge in [-0.05, 0) is 61.6 Å². The van der Waals surface area contributed by atoms with Crippen LogP contribution in [0.5, 0.6) is 0 Å². The van der Waals surface area contributed by atoms with E-state index in [1.54, 1.807) is 43.0 Å². The number of fused-ring (bicyclic) bond motifs is 1. The van der Waals surface area contributed by atoms with Crippen molar-refractivity contribution in [1.29, 1.82) is 0 Å². The molecule has 4 heterocycles. The Labute approximate surface area is 247 Å². The lowest BCUT2D eigenvalue weighted by atomic mass is 10.2. The van der Waals surface area contributed by atoms with Gasteiger partial charge < -0.3 is 20.1 Å². The average Bonchev–Trinajstić information content (AvgIpc) is 2.98. The molecule has 42 heavy (non-hydrogen) atoms. The molecule has 0 radical (unpaired) electrons. The van der Waals surface area contributed by atoms with Crippen LogP contribution in [-0.2, 0) is 13.1 Å². The maximum absolute atomic E-state index is 12.8. The summed E-state index contributed by atoms with van der Waals surface area (Å²) in [6, 6.07) is 16.5. The molecule has 0 aliphatic rings. The molecule has 11 heteroatoms. The van der Waals surface area contributed by atoms with E-state index in [0.29, 0.717) is 22.3 Å². The van der Waals surface area contributed by atoms with Crippen LogP contribution >= 0.6 is 11.6 Å². The molecular weight excluding hydrogens is 552 g/mol. The van der Waals surface area contributed by atoms with Gasteiger partial charge in [-0.3, -0.25) is 9.59 Å². The number of nitrogens with one attached hydrogen (secondary N) is 2. The molecule has 1 aromatic carbocycles. The molecule has 1 amide bonds. The van der Waals surface area contributed by atoms with Crippen molar-refractivity contribution in [3.05, 3.63) is 117 Å². The van der Waals surface area contributed by atoms with Crippen molar-refractivity contribution in [2.45, 2.75) is 13.1 Å². The number of benzene rings is 1. The Morgan fingerprint density at radius 3 is 2.57 bits per heavy atom. The van der Waals surface area contributed by atoms with Gasteiger partial charge in [0.25, 0.3) is 11.5 Å². The maximum Gasteiger partial charge on any atom is 0.263 e. The topological polar surface area (TPSA) is 118 Å². The van der Waals surface area contributed by atoms with E-state index in [1.165, 1.54) is 16.2 Å². The Hall–Kier alpha value is -5.11. The van der Waals surface area contributed by atoms with Gasteiger partial charge in [-0.1, -0.05) is 41.6 Å². The van der Waals surface area contributed by atoms with Crippen molar-refractivity contribution in [3.63, 3.8) is 0 Å². The van der Waals surface area contributed by atoms with Crippen molar-refractivity contribution in [2.75, 3.05) is 26.0 Å². The van der Waals surface area contributed by atoms with Crippen LogP contribution in [0.25, 0.3) is 11.0 Å². The molecule has 0 aliphatic heterocycles. The second-order valence-electron chi connectivity index (χ2n) is 9.72. The summed E-state index contributed by atoms with van der Waals surface area (Å²) in [5, 5.41) is 6.98. The third kappa shape index (κ3) is 7.34. The lowest BCUT2D eigenvalue weighted by Gasteiger charge is -2.10. The molecule has 5 rings (SSSR count). The quantitative estimate of drug-likeness (QED) is 0.210. The van der Waals surface area contributed by atoms with Crippen molar-refractivity contribution < 1.29 is 4.79 Å². The van der Waals surface area contributed by atoms with E-state index >= 15 is 0 Å². The zero-order valence-corrected chi connectivity index (χ0v) is 23.8. The Bertz CT molecular complexity index is 1840. The summed E-state index contributed by atoms with van der Waals surface area (Å²) in [7, 11) is 4.07. The number of carbonyl (C=O) groups is 1. The summed E-state index contributed by atoms with van der Waals surface area (Å²) in [6.07, 6.45) is 6.51. The van der Waals surface area contributed by atoms with Crippen LogP contribution in [0.4, 0.5) is 11.6 Å². The first-order chi connectivity index (χ1) is 20.3. The fourth-order valence-electron chi connectivity index (χ4n) is 4.14. The first kappa shape index (κ1) is 28.4. The van der Waals surface area contributed by atoms with Crippen molar-refractivity contribution in [3.8, 4) is 11.8 Å². The van der Waals surface area contributed by atoms with Crippen LogP contribution in [0.2, 0.25) is 5.15 Å². The monoisotopic (exact) mass is 578 g/mol. The molecule has 0 spiro atoms. The predicted octanol–water partition coefficient (Wildman–Crippen LogP) is 3.87. The molecule has 10 nitrogen and oxygen atoms in total. The molecule has 0 bridgehead atoms. The molecule has 0 atom stereocenters. The summed E-state index contributed by atoms with van der Waals surface area (Å²) < 4.78 is 1.44. The Morgan fingerprint density at radius 2 is 1.81 bits per heavy atom. The minimum Gasteiger partial charge on any atom is -0.341 e. The van der Waals surface area contributed by atoms with Gasteiger partial charge >= 0.3 is 0 Å². The van der Waals surface area contributed by atoms with Gasteiger partial charge in [0.2, 0.25) is 5.95 Å². The van der Waals surface area contributed by atoms with Crippen molar-refractivity contribution in [2.24, 2.45) is 0 Å². The average molecular weight is 579 g/mol. The lowest BCUT2D eigenvalue weighted by Crippen LogP contribution is -2.33. The molecule has 5 aromatic rings. The first-order valence-electron chi connectivity index (χ1n) is 13.0. The second kappa shape index (κ2) is 13.0. The van der Waals surface area contributed by atoms with Gasteiger partial charge in [-0.25, -0.2) is 15.0 Å². The van der Waals surface area contributed by atoms with Gasteiger partial charge in [-0.2, -0.15) is 4.98 Å². The molecule has 0 fully saturated rings. The normalized spacial score (nSPS) is 10.8. The summed E-state index contributed by atoms with van der Waals surface area (Å²) in [5.41, 5.74) is 3.69. The van der Waals surface area contributed by atoms with Crippen LogP contribution in [0.15, 0.2) is 84.2 Å². The first-order valence-corrected chi connectivity index (χ1v) is 13.4. The van der Waals surface area contributed by atoms with Crippen LogP contribution in [0.1, 0.15) is 27.0 Å². The number of carbonyl (C=O) groups excluding carboxylic acids is 1. The number of rotatable bonds is 8. The number of anilines is 2. The van der Waals surface area contributed by atoms with Crippen LogP contribution in [0.3, 0.4) is 0 Å². The summed E-state index contributed by atoms with van der Waals surface area (Å²) in [4.78, 5) is 44.9. The van der Waals surface area contributed by atoms with Crippen LogP contribution in [0, 0.1) is 11.8 Å². The zero-order chi connectivity index (χ0) is 29.5. The molecule has 2 N–H and O–H groups in total. The van der Waals surface area contributed by atoms with Crippen LogP contribution in [-0.4, -0.2) is 56.0 Å². The minimum absolute atomic E-state index is 0.0275. The molecule has 4 aromatic heterocycles. The fraction of sp³-hybridized carbons (Fsp3) is 0.161. The van der Waals surface area contributed by atoms with Gasteiger partial charge in [-0.15, -0.1) is 0 Å². The highest BCUT2D eigenvalue weighted by molar-refractivity contribution is 6.29. The standard InChI is InChI=1S/C31H27ClN8O2/c1-39(2)19-21-7-10-25(11-8-21)37-31-36-18-24-15-22(16-35-28(24)38-31)5-3-13-33-29(41)26-6-4-14-40(30(26)42)20-23-9-12-27(32)34-17-23/h4,6-12,14-18H,13,19-20H2,1-2H3,(H,33,41)(H,35,36,37,38). The smallest absolute Gasteiger partial charge is 0.263 e. The van der Waals surface area contributed by atoms with E-state index in [2.05, 4.69) is 59.4 Å². The summed E-state index contributed by atoms with van der Waals surface area (Å²) in [5.74, 6) is 5.82. The Balaban J connectivity index is 1.19. The maximum atomic E-state index is 12.8. The highest BCUT2D eigenvalue weighted by Gasteiger charge is 2.12. The van der Waals surface area contributed by atoms with Gasteiger partial charge in [0.1, 0.15) is 10.7 Å². The molecule has 210 valence electrons. The van der Waals surface area contributed by atoms with E-state index in [9.17, 15) is 9.59 Å². The molecule has 0 aliphatic carbocycles. The van der Waals surface area contributed by atoms with Crippen molar-refractivity contribution in [1.82, 2.24) is 34.7 Å². The number of nitrogens with zero attached hydrogens (tertiary/aromatic N) is 6. The van der Waals surface area contributed by atoms with E-state index < -0.39 is 11.5 Å². The molecule has 0 saturated heterocycles. The third-order valence-corrected chi connectivity index (χ3v) is 6.34. The number of amides is 1. The molecular formula is C31H27ClN8O2. The third-order valence-electron chi connectivity index (χ3n) is 6.12. The highest BCUT2D eigenvalue weighted by atomic mass is 35.5. The Morgan fingerprint density at radius 1 is 1.00 bits per heavy atom. The zero-order valence-electron chi connectivity index (χ0n) is 23.0. The molecule has 0 unspecified atom stereocenters. The predicted molar refractivity (Wildman–Crippen MR) is 163 cm³/mol. The Kier molecular flexibility index (Phi) is 8.82. The summed E-state index contributed by atoms with van der Waals surface area (Å²) in [6.45, 7) is 1.19. The largest absolute Gasteiger partial charge is 0.341 e. The number of aromatic nitrogens is 5. The number of pyridine rings is 3. The van der Waals surface area contributed by atoms with E-state index in [-0.39, 0.29) is 18.7 Å². The van der Waals surface area contributed by atoms with Gasteiger partial charge in [0.15, 0.2) is 5.65 Å². The van der Waals surface area contributed by atoms with E-state index in [1.807, 2.05) is 32.3 Å². The van der Waals surface area contributed by atoms with Crippen molar-refractivity contribution >= 4 is 40.2 Å². The van der Waals surface area contributed by atoms with Gasteiger partial charge in [0.05, 0.1) is 13.1 Å². The highest BCUT2D eigenvalue weighted by Crippen LogP contribution is 2.17. The van der Waals surface area contributed by atoms with E-state index in [4.69, 9.17) is 11.6 Å². The minimum atomic E-state index is -0.504. The van der Waals surface area contributed by atoms with E-state index in [0.717, 1.165) is 23.2 Å². The van der Waals surface area contributed by atoms with Gasteiger partial charge in [0, 0.05) is 48.0 Å². The summed E-state index contributed by atoms with van der Waals surface area (Å²) >= 11 is 5.83. The second-order valence-corrected chi connectivity index (χ2v) is 10.1.